The van der Waals surface area contributed by atoms with Gasteiger partial charge in [0.1, 0.15) is 0 Å². The lowest BCUT2D eigenvalue weighted by molar-refractivity contribution is 0.287. The molecule has 0 saturated carbocycles. The quantitative estimate of drug-likeness (QED) is 0.841. The number of pyridine rings is 1. The van der Waals surface area contributed by atoms with Gasteiger partial charge in [-0.2, -0.15) is 0 Å². The summed E-state index contributed by atoms with van der Waals surface area (Å²) in [5.41, 5.74) is 4.71. The third-order valence-electron chi connectivity index (χ3n) is 3.59. The number of aromatic nitrogens is 1. The molecule has 2 rings (SSSR count). The van der Waals surface area contributed by atoms with Crippen molar-refractivity contribution in [1.82, 2.24) is 9.88 Å². The standard InChI is InChI=1S/C18H25N3/c1-4-21(14-18-7-5-6-16(3)20-18)13-12-19-17-10-8-15(2)9-11-17/h5-11,19H,4,12-14H2,1-3H3. The SMILES string of the molecule is CCN(CCNc1ccc(C)cc1)Cc1cccc(C)n1. The lowest BCUT2D eigenvalue weighted by atomic mass is 10.2. The maximum Gasteiger partial charge on any atom is 0.0547 e. The van der Waals surface area contributed by atoms with Crippen LogP contribution < -0.4 is 5.32 Å². The molecule has 112 valence electrons. The minimum absolute atomic E-state index is 0.910. The van der Waals surface area contributed by atoms with Gasteiger partial charge in [-0.15, -0.1) is 0 Å². The van der Waals surface area contributed by atoms with Crippen LogP contribution in [-0.4, -0.2) is 29.5 Å². The van der Waals surface area contributed by atoms with E-state index >= 15 is 0 Å². The van der Waals surface area contributed by atoms with Crippen LogP contribution in [-0.2, 0) is 6.54 Å². The Morgan fingerprint density at radius 1 is 1.05 bits per heavy atom. The predicted octanol–water partition coefficient (Wildman–Crippen LogP) is 3.63. The van der Waals surface area contributed by atoms with Crippen LogP contribution in [0.25, 0.3) is 0 Å². The molecule has 21 heavy (non-hydrogen) atoms. The molecule has 0 aliphatic heterocycles. The number of nitrogens with one attached hydrogen (secondary N) is 1. The van der Waals surface area contributed by atoms with Gasteiger partial charge in [0.05, 0.1) is 5.69 Å². The number of likely N-dealkylation sites (N-methyl/N-ethyl adjacent to an activating group) is 1. The fraction of sp³-hybridized carbons (Fsp3) is 0.389. The molecule has 0 amide bonds. The first-order chi connectivity index (χ1) is 10.2. The Balaban J connectivity index is 1.81. The van der Waals surface area contributed by atoms with Gasteiger partial charge in [0.2, 0.25) is 0 Å². The second-order valence-electron chi connectivity index (χ2n) is 5.43. The predicted molar refractivity (Wildman–Crippen MR) is 89.6 cm³/mol. The van der Waals surface area contributed by atoms with Crippen LogP contribution in [0, 0.1) is 13.8 Å². The first kappa shape index (κ1) is 15.5. The summed E-state index contributed by atoms with van der Waals surface area (Å²) < 4.78 is 0. The molecule has 0 spiro atoms. The molecule has 0 fully saturated rings. The van der Waals surface area contributed by atoms with Gasteiger partial charge in [0, 0.05) is 31.0 Å². The monoisotopic (exact) mass is 283 g/mol. The Bertz CT molecular complexity index is 549. The molecule has 1 heterocycles. The summed E-state index contributed by atoms with van der Waals surface area (Å²) in [6.45, 7) is 10.2. The second-order valence-corrected chi connectivity index (χ2v) is 5.43. The molecule has 0 unspecified atom stereocenters. The third kappa shape index (κ3) is 5.20. The minimum atomic E-state index is 0.910. The highest BCUT2D eigenvalue weighted by molar-refractivity contribution is 5.44. The molecule has 3 nitrogen and oxygen atoms in total. The Labute approximate surface area is 128 Å². The summed E-state index contributed by atoms with van der Waals surface area (Å²) in [6.07, 6.45) is 0. The van der Waals surface area contributed by atoms with Crippen LogP contribution in [0.2, 0.25) is 0 Å². The van der Waals surface area contributed by atoms with Gasteiger partial charge < -0.3 is 5.32 Å². The maximum atomic E-state index is 4.57. The largest absolute Gasteiger partial charge is 0.384 e. The summed E-state index contributed by atoms with van der Waals surface area (Å²) in [5.74, 6) is 0. The number of hydrogen-bond donors (Lipinski definition) is 1. The molecule has 0 atom stereocenters. The summed E-state index contributed by atoms with van der Waals surface area (Å²) in [5, 5.41) is 3.47. The molecule has 0 saturated heterocycles. The zero-order valence-electron chi connectivity index (χ0n) is 13.3. The Morgan fingerprint density at radius 2 is 1.81 bits per heavy atom. The molecular formula is C18H25N3. The van der Waals surface area contributed by atoms with E-state index in [1.165, 1.54) is 11.3 Å². The van der Waals surface area contributed by atoms with E-state index in [0.717, 1.165) is 37.6 Å². The summed E-state index contributed by atoms with van der Waals surface area (Å²) in [4.78, 5) is 6.98. The van der Waals surface area contributed by atoms with Gasteiger partial charge in [0.15, 0.2) is 0 Å². The van der Waals surface area contributed by atoms with Crippen LogP contribution in [0.1, 0.15) is 23.9 Å². The van der Waals surface area contributed by atoms with Crippen molar-refractivity contribution < 1.29 is 0 Å². The minimum Gasteiger partial charge on any atom is -0.384 e. The Hall–Kier alpha value is -1.87. The van der Waals surface area contributed by atoms with E-state index in [4.69, 9.17) is 0 Å². The molecule has 1 aromatic carbocycles. The van der Waals surface area contributed by atoms with Gasteiger partial charge in [-0.05, 0) is 44.7 Å². The molecule has 1 N–H and O–H groups in total. The number of anilines is 1. The van der Waals surface area contributed by atoms with Crippen molar-refractivity contribution >= 4 is 5.69 Å². The molecule has 1 aromatic heterocycles. The lowest BCUT2D eigenvalue weighted by Crippen LogP contribution is -2.29. The molecule has 0 radical (unpaired) electrons. The van der Waals surface area contributed by atoms with E-state index < -0.39 is 0 Å². The third-order valence-corrected chi connectivity index (χ3v) is 3.59. The van der Waals surface area contributed by atoms with Crippen molar-refractivity contribution in [3.05, 3.63) is 59.4 Å². The van der Waals surface area contributed by atoms with Crippen molar-refractivity contribution in [1.29, 1.82) is 0 Å². The van der Waals surface area contributed by atoms with Crippen LogP contribution in [0.15, 0.2) is 42.5 Å². The maximum absolute atomic E-state index is 4.57. The normalized spacial score (nSPS) is 10.9. The van der Waals surface area contributed by atoms with Gasteiger partial charge >= 0.3 is 0 Å². The van der Waals surface area contributed by atoms with Gasteiger partial charge in [-0.25, -0.2) is 0 Å². The van der Waals surface area contributed by atoms with Gasteiger partial charge in [0.25, 0.3) is 0 Å². The number of nitrogens with zero attached hydrogens (tertiary/aromatic N) is 2. The first-order valence-electron chi connectivity index (χ1n) is 7.63. The zero-order chi connectivity index (χ0) is 15.1. The van der Waals surface area contributed by atoms with Crippen molar-refractivity contribution in [2.24, 2.45) is 0 Å². The molecular weight excluding hydrogens is 258 g/mol. The van der Waals surface area contributed by atoms with Crippen LogP contribution in [0.4, 0.5) is 5.69 Å². The van der Waals surface area contributed by atoms with Crippen LogP contribution >= 0.6 is 0 Å². The lowest BCUT2D eigenvalue weighted by Gasteiger charge is -2.20. The fourth-order valence-electron chi connectivity index (χ4n) is 2.30. The molecule has 0 bridgehead atoms. The zero-order valence-corrected chi connectivity index (χ0v) is 13.3. The van der Waals surface area contributed by atoms with Crippen LogP contribution in [0.5, 0.6) is 0 Å². The molecule has 2 aromatic rings. The average molecular weight is 283 g/mol. The van der Waals surface area contributed by atoms with Crippen molar-refractivity contribution in [2.75, 3.05) is 25.0 Å². The number of aryl methyl sites for hydroxylation is 2. The molecule has 0 aliphatic rings. The van der Waals surface area contributed by atoms with Crippen molar-refractivity contribution in [2.45, 2.75) is 27.3 Å². The Morgan fingerprint density at radius 3 is 2.48 bits per heavy atom. The fourth-order valence-corrected chi connectivity index (χ4v) is 2.30. The van der Waals surface area contributed by atoms with E-state index in [9.17, 15) is 0 Å². The summed E-state index contributed by atoms with van der Waals surface area (Å²) >= 11 is 0. The number of hydrogen-bond acceptors (Lipinski definition) is 3. The number of benzene rings is 1. The topological polar surface area (TPSA) is 28.2 Å². The van der Waals surface area contributed by atoms with E-state index in [1.807, 2.05) is 13.0 Å². The summed E-state index contributed by atoms with van der Waals surface area (Å²) in [6, 6.07) is 14.8. The van der Waals surface area contributed by atoms with E-state index in [1.54, 1.807) is 0 Å². The van der Waals surface area contributed by atoms with E-state index in [2.05, 4.69) is 65.4 Å². The van der Waals surface area contributed by atoms with Crippen LogP contribution in [0.3, 0.4) is 0 Å². The first-order valence-corrected chi connectivity index (χ1v) is 7.63. The average Bonchev–Trinajstić information content (AvgIpc) is 2.48. The highest BCUT2D eigenvalue weighted by atomic mass is 15.1. The highest BCUT2D eigenvalue weighted by Gasteiger charge is 2.04. The van der Waals surface area contributed by atoms with E-state index in [0.29, 0.717) is 0 Å². The molecule has 0 aliphatic carbocycles. The smallest absolute Gasteiger partial charge is 0.0547 e. The second kappa shape index (κ2) is 7.79. The summed E-state index contributed by atoms with van der Waals surface area (Å²) in [7, 11) is 0. The van der Waals surface area contributed by atoms with E-state index in [-0.39, 0.29) is 0 Å². The number of rotatable bonds is 7. The van der Waals surface area contributed by atoms with Gasteiger partial charge in [-0.1, -0.05) is 30.7 Å². The van der Waals surface area contributed by atoms with Crippen molar-refractivity contribution in [3.63, 3.8) is 0 Å². The Kier molecular flexibility index (Phi) is 5.76. The van der Waals surface area contributed by atoms with Crippen molar-refractivity contribution in [3.8, 4) is 0 Å². The molecule has 3 heteroatoms. The van der Waals surface area contributed by atoms with Gasteiger partial charge in [-0.3, -0.25) is 9.88 Å². The highest BCUT2D eigenvalue weighted by Crippen LogP contribution is 2.08.